The maximum atomic E-state index is 14.4. The SMILES string of the molecule is CCCOCn1c(CN(Cc2ccc(OC)cc2)c2nc(N3CCN(C)CC3)nc3c(C4CC4(F)F)cnn23)nc2ccccc21. The highest BCUT2D eigenvalue weighted by molar-refractivity contribution is 5.76. The van der Waals surface area contributed by atoms with Crippen molar-refractivity contribution < 1.29 is 18.3 Å². The van der Waals surface area contributed by atoms with Gasteiger partial charge in [-0.2, -0.15) is 19.6 Å². The predicted octanol–water partition coefficient (Wildman–Crippen LogP) is 4.95. The molecule has 0 spiro atoms. The summed E-state index contributed by atoms with van der Waals surface area (Å²) in [5, 5.41) is 4.62. The number of benzene rings is 2. The van der Waals surface area contributed by atoms with Gasteiger partial charge in [-0.3, -0.25) is 0 Å². The molecule has 0 N–H and O–H groups in total. The van der Waals surface area contributed by atoms with Gasteiger partial charge in [-0.25, -0.2) is 13.8 Å². The van der Waals surface area contributed by atoms with Gasteiger partial charge in [-0.15, -0.1) is 0 Å². The Morgan fingerprint density at radius 2 is 1.74 bits per heavy atom. The van der Waals surface area contributed by atoms with Crippen LogP contribution in [-0.4, -0.2) is 86.9 Å². The average Bonchev–Trinajstić information content (AvgIpc) is 3.35. The van der Waals surface area contributed by atoms with Gasteiger partial charge in [0, 0.05) is 51.3 Å². The first-order valence-electron chi connectivity index (χ1n) is 15.8. The van der Waals surface area contributed by atoms with Crippen LogP contribution in [0.15, 0.2) is 54.7 Å². The normalized spacial score (nSPS) is 18.0. The van der Waals surface area contributed by atoms with Gasteiger partial charge < -0.3 is 28.7 Å². The molecule has 0 bridgehead atoms. The molecule has 1 aliphatic heterocycles. The Hall–Kier alpha value is -4.36. The van der Waals surface area contributed by atoms with E-state index in [4.69, 9.17) is 24.4 Å². The molecule has 1 saturated heterocycles. The summed E-state index contributed by atoms with van der Waals surface area (Å²) >= 11 is 0. The van der Waals surface area contributed by atoms with Crippen LogP contribution < -0.4 is 14.5 Å². The monoisotopic (exact) mass is 631 g/mol. The largest absolute Gasteiger partial charge is 0.497 e. The van der Waals surface area contributed by atoms with Gasteiger partial charge in [0.15, 0.2) is 5.65 Å². The summed E-state index contributed by atoms with van der Waals surface area (Å²) in [6, 6.07) is 15.9. The third kappa shape index (κ3) is 5.96. The van der Waals surface area contributed by atoms with E-state index in [2.05, 4.69) is 38.3 Å². The van der Waals surface area contributed by atoms with E-state index in [1.807, 2.05) is 48.5 Å². The van der Waals surface area contributed by atoms with Crippen molar-refractivity contribution in [2.24, 2.45) is 0 Å². The first-order valence-corrected chi connectivity index (χ1v) is 15.8. The highest BCUT2D eigenvalue weighted by Gasteiger charge is 2.59. The number of likely N-dealkylation sites (N-methyl/N-ethyl adjacent to an activating group) is 1. The van der Waals surface area contributed by atoms with E-state index in [1.165, 1.54) is 6.20 Å². The average molecular weight is 632 g/mol. The Morgan fingerprint density at radius 3 is 2.46 bits per heavy atom. The number of fused-ring (bicyclic) bond motifs is 2. The first-order chi connectivity index (χ1) is 22.3. The number of hydrogen-bond acceptors (Lipinski definition) is 9. The Bertz CT molecular complexity index is 1820. The number of halogens is 2. The van der Waals surface area contributed by atoms with Crippen molar-refractivity contribution in [2.75, 3.05) is 56.7 Å². The van der Waals surface area contributed by atoms with Crippen molar-refractivity contribution in [1.82, 2.24) is 34.0 Å². The standard InChI is InChI=1S/C33H39F2N9O2/c1-4-17-46-22-43-28-8-6-5-7-27(28)37-29(43)21-42(20-23-9-11-24(45-3)12-10-23)32-39-31(41-15-13-40(2)14-16-41)38-30-25(19-36-44(30)32)26-18-33(26,34)35/h5-12,19,26H,4,13-18,20-22H2,1-3H3. The number of hydrogen-bond donors (Lipinski definition) is 0. The molecule has 3 aromatic heterocycles. The summed E-state index contributed by atoms with van der Waals surface area (Å²) < 4.78 is 43.9. The quantitative estimate of drug-likeness (QED) is 0.178. The molecular formula is C33H39F2N9O2. The second-order valence-corrected chi connectivity index (χ2v) is 12.2. The number of rotatable bonds is 12. The molecule has 2 fully saturated rings. The summed E-state index contributed by atoms with van der Waals surface area (Å²) in [7, 11) is 3.73. The van der Waals surface area contributed by atoms with Crippen LogP contribution in [0.3, 0.4) is 0 Å². The summed E-state index contributed by atoms with van der Waals surface area (Å²) in [6.45, 7) is 7.06. The fourth-order valence-electron chi connectivity index (χ4n) is 6.03. The van der Waals surface area contributed by atoms with E-state index < -0.39 is 11.8 Å². The van der Waals surface area contributed by atoms with Gasteiger partial charge in [-0.05, 0) is 43.3 Å². The molecule has 242 valence electrons. The van der Waals surface area contributed by atoms with Crippen molar-refractivity contribution in [3.8, 4) is 5.75 Å². The van der Waals surface area contributed by atoms with E-state index >= 15 is 0 Å². The van der Waals surface area contributed by atoms with Crippen LogP contribution in [-0.2, 0) is 24.6 Å². The molecule has 13 heteroatoms. The number of alkyl halides is 2. The van der Waals surface area contributed by atoms with E-state index in [9.17, 15) is 8.78 Å². The molecular weight excluding hydrogens is 592 g/mol. The van der Waals surface area contributed by atoms with Gasteiger partial charge >= 0.3 is 0 Å². The molecule has 1 saturated carbocycles. The molecule has 46 heavy (non-hydrogen) atoms. The second-order valence-electron chi connectivity index (χ2n) is 12.2. The van der Waals surface area contributed by atoms with Crippen LogP contribution in [0.2, 0.25) is 0 Å². The van der Waals surface area contributed by atoms with Gasteiger partial charge in [0.25, 0.3) is 5.92 Å². The lowest BCUT2D eigenvalue weighted by Crippen LogP contribution is -2.45. The lowest BCUT2D eigenvalue weighted by atomic mass is 10.2. The minimum absolute atomic E-state index is 0.200. The molecule has 0 radical (unpaired) electrons. The number of methoxy groups -OCH3 is 1. The van der Waals surface area contributed by atoms with E-state index in [1.54, 1.807) is 11.6 Å². The minimum Gasteiger partial charge on any atom is -0.497 e. The van der Waals surface area contributed by atoms with E-state index in [-0.39, 0.29) is 6.42 Å². The number of anilines is 2. The van der Waals surface area contributed by atoms with Crippen molar-refractivity contribution in [1.29, 1.82) is 0 Å². The number of piperazine rings is 1. The number of ether oxygens (including phenoxy) is 2. The summed E-state index contributed by atoms with van der Waals surface area (Å²) in [5.41, 5.74) is 3.72. The van der Waals surface area contributed by atoms with E-state index in [0.29, 0.717) is 49.5 Å². The third-order valence-corrected chi connectivity index (χ3v) is 8.80. The van der Waals surface area contributed by atoms with Crippen LogP contribution in [0, 0.1) is 0 Å². The smallest absolute Gasteiger partial charge is 0.256 e. The van der Waals surface area contributed by atoms with Crippen LogP contribution in [0.1, 0.15) is 42.6 Å². The topological polar surface area (TPSA) is 89.1 Å². The van der Waals surface area contributed by atoms with Crippen LogP contribution in [0.5, 0.6) is 5.75 Å². The Kier molecular flexibility index (Phi) is 8.20. The summed E-state index contributed by atoms with van der Waals surface area (Å²) in [6.07, 6.45) is 2.24. The first kappa shape index (κ1) is 30.3. The highest BCUT2D eigenvalue weighted by Crippen LogP contribution is 2.56. The molecule has 1 atom stereocenters. The lowest BCUT2D eigenvalue weighted by Gasteiger charge is -2.33. The zero-order valence-corrected chi connectivity index (χ0v) is 26.4. The van der Waals surface area contributed by atoms with E-state index in [0.717, 1.165) is 60.8 Å². The number of nitrogens with zero attached hydrogens (tertiary/aromatic N) is 9. The van der Waals surface area contributed by atoms with Crippen LogP contribution in [0.25, 0.3) is 16.7 Å². The lowest BCUT2D eigenvalue weighted by molar-refractivity contribution is 0.0781. The fraction of sp³-hybridized carbons (Fsp3) is 0.455. The molecule has 4 heterocycles. The molecule has 2 aromatic carbocycles. The Morgan fingerprint density at radius 1 is 0.978 bits per heavy atom. The number of para-hydroxylation sites is 2. The Labute approximate surface area is 266 Å². The number of aromatic nitrogens is 6. The van der Waals surface area contributed by atoms with Crippen molar-refractivity contribution in [3.05, 3.63) is 71.7 Å². The van der Waals surface area contributed by atoms with Gasteiger partial charge in [0.05, 0.1) is 36.8 Å². The summed E-state index contributed by atoms with van der Waals surface area (Å²) in [5.74, 6) is -1.08. The van der Waals surface area contributed by atoms with Crippen molar-refractivity contribution >= 4 is 28.6 Å². The third-order valence-electron chi connectivity index (χ3n) is 8.80. The zero-order valence-electron chi connectivity index (χ0n) is 26.4. The van der Waals surface area contributed by atoms with Crippen molar-refractivity contribution in [3.63, 3.8) is 0 Å². The maximum Gasteiger partial charge on any atom is 0.256 e. The number of imidazole rings is 1. The molecule has 2 aliphatic rings. The highest BCUT2D eigenvalue weighted by atomic mass is 19.3. The molecule has 0 amide bonds. The van der Waals surface area contributed by atoms with Crippen molar-refractivity contribution in [2.45, 2.75) is 51.4 Å². The zero-order chi connectivity index (χ0) is 31.8. The predicted molar refractivity (Wildman–Crippen MR) is 172 cm³/mol. The fourth-order valence-corrected chi connectivity index (χ4v) is 6.03. The van der Waals surface area contributed by atoms with Crippen LogP contribution >= 0.6 is 0 Å². The van der Waals surface area contributed by atoms with Gasteiger partial charge in [0.1, 0.15) is 18.3 Å². The molecule has 5 aromatic rings. The maximum absolute atomic E-state index is 14.4. The van der Waals surface area contributed by atoms with Crippen LogP contribution in [0.4, 0.5) is 20.7 Å². The molecule has 1 aliphatic carbocycles. The molecule has 11 nitrogen and oxygen atoms in total. The summed E-state index contributed by atoms with van der Waals surface area (Å²) in [4.78, 5) is 21.5. The molecule has 7 rings (SSSR count). The van der Waals surface area contributed by atoms with Gasteiger partial charge in [-0.1, -0.05) is 31.2 Å². The van der Waals surface area contributed by atoms with Gasteiger partial charge in [0.2, 0.25) is 11.9 Å². The molecule has 1 unspecified atom stereocenters. The minimum atomic E-state index is -2.76. The Balaban J connectivity index is 1.35. The second kappa shape index (κ2) is 12.4.